The molecule has 0 spiro atoms. The van der Waals surface area contributed by atoms with Gasteiger partial charge < -0.3 is 14.8 Å². The first-order valence-electron chi connectivity index (χ1n) is 5.44. The summed E-state index contributed by atoms with van der Waals surface area (Å²) in [5.41, 5.74) is 0.446. The standard InChI is InChI=1S/C12H13ClN2O2/c13-10-1-2-12(9(5-10)6-14)17-8-11-7-15-3-4-16-11/h1-2,5,11,15H,3-4,7-8H2. The van der Waals surface area contributed by atoms with Crippen LogP contribution in [0.2, 0.25) is 5.02 Å². The Kier molecular flexibility index (Phi) is 4.21. The van der Waals surface area contributed by atoms with Crippen LogP contribution in [-0.4, -0.2) is 32.4 Å². The van der Waals surface area contributed by atoms with Crippen molar-refractivity contribution >= 4 is 11.6 Å². The predicted octanol–water partition coefficient (Wildman–Crippen LogP) is 1.58. The molecule has 0 radical (unpaired) electrons. The van der Waals surface area contributed by atoms with Crippen molar-refractivity contribution < 1.29 is 9.47 Å². The summed E-state index contributed by atoms with van der Waals surface area (Å²) in [4.78, 5) is 0. The predicted molar refractivity (Wildman–Crippen MR) is 64.3 cm³/mol. The molecule has 1 saturated heterocycles. The van der Waals surface area contributed by atoms with E-state index in [0.29, 0.717) is 29.5 Å². The second kappa shape index (κ2) is 5.87. The molecule has 0 aliphatic carbocycles. The van der Waals surface area contributed by atoms with E-state index in [4.69, 9.17) is 26.3 Å². The molecule has 1 N–H and O–H groups in total. The highest BCUT2D eigenvalue weighted by molar-refractivity contribution is 6.30. The van der Waals surface area contributed by atoms with E-state index in [9.17, 15) is 0 Å². The average molecular weight is 253 g/mol. The molecule has 0 amide bonds. The fraction of sp³-hybridized carbons (Fsp3) is 0.417. The van der Waals surface area contributed by atoms with E-state index in [-0.39, 0.29) is 6.10 Å². The fourth-order valence-electron chi connectivity index (χ4n) is 1.62. The van der Waals surface area contributed by atoms with E-state index in [2.05, 4.69) is 11.4 Å². The molecule has 90 valence electrons. The zero-order valence-corrected chi connectivity index (χ0v) is 10.0. The van der Waals surface area contributed by atoms with E-state index >= 15 is 0 Å². The van der Waals surface area contributed by atoms with Gasteiger partial charge in [-0.1, -0.05) is 11.6 Å². The number of benzene rings is 1. The second-order valence-electron chi connectivity index (χ2n) is 3.76. The van der Waals surface area contributed by atoms with Gasteiger partial charge in [0.1, 0.15) is 24.5 Å². The lowest BCUT2D eigenvalue weighted by Gasteiger charge is -2.23. The molecule has 2 rings (SSSR count). The molecule has 0 bridgehead atoms. The molecule has 1 atom stereocenters. The normalized spacial score (nSPS) is 19.6. The summed E-state index contributed by atoms with van der Waals surface area (Å²) < 4.78 is 11.1. The molecule has 5 heteroatoms. The van der Waals surface area contributed by atoms with Gasteiger partial charge in [0.15, 0.2) is 0 Å². The number of ether oxygens (including phenoxy) is 2. The first-order chi connectivity index (χ1) is 8.29. The van der Waals surface area contributed by atoms with Crippen molar-refractivity contribution in [2.75, 3.05) is 26.3 Å². The lowest BCUT2D eigenvalue weighted by atomic mass is 10.2. The smallest absolute Gasteiger partial charge is 0.137 e. The third-order valence-electron chi connectivity index (χ3n) is 2.49. The molecular weight excluding hydrogens is 240 g/mol. The molecular formula is C12H13ClN2O2. The zero-order valence-electron chi connectivity index (χ0n) is 9.28. The number of rotatable bonds is 3. The molecule has 1 heterocycles. The third kappa shape index (κ3) is 3.34. The van der Waals surface area contributed by atoms with Crippen LogP contribution in [0.1, 0.15) is 5.56 Å². The first kappa shape index (κ1) is 12.2. The quantitative estimate of drug-likeness (QED) is 0.888. The maximum atomic E-state index is 8.95. The summed E-state index contributed by atoms with van der Waals surface area (Å²) in [7, 11) is 0. The van der Waals surface area contributed by atoms with Crippen molar-refractivity contribution in [1.82, 2.24) is 5.32 Å². The third-order valence-corrected chi connectivity index (χ3v) is 2.73. The van der Waals surface area contributed by atoms with Gasteiger partial charge in [-0.05, 0) is 18.2 Å². The van der Waals surface area contributed by atoms with Gasteiger partial charge in [-0.3, -0.25) is 0 Å². The number of hydrogen-bond donors (Lipinski definition) is 1. The maximum Gasteiger partial charge on any atom is 0.137 e. The molecule has 0 saturated carbocycles. The molecule has 1 aliphatic rings. The SMILES string of the molecule is N#Cc1cc(Cl)ccc1OCC1CNCCO1. The summed E-state index contributed by atoms with van der Waals surface area (Å²) >= 11 is 5.80. The first-order valence-corrected chi connectivity index (χ1v) is 5.82. The minimum Gasteiger partial charge on any atom is -0.489 e. The van der Waals surface area contributed by atoms with Crippen molar-refractivity contribution in [2.24, 2.45) is 0 Å². The number of nitrogens with one attached hydrogen (secondary N) is 1. The van der Waals surface area contributed by atoms with Crippen molar-refractivity contribution in [1.29, 1.82) is 5.26 Å². The Morgan fingerprint density at radius 1 is 1.59 bits per heavy atom. The minimum absolute atomic E-state index is 0.0333. The molecule has 17 heavy (non-hydrogen) atoms. The largest absolute Gasteiger partial charge is 0.489 e. The van der Waals surface area contributed by atoms with Crippen molar-refractivity contribution in [3.63, 3.8) is 0 Å². The minimum atomic E-state index is 0.0333. The topological polar surface area (TPSA) is 54.3 Å². The highest BCUT2D eigenvalue weighted by Gasteiger charge is 2.14. The van der Waals surface area contributed by atoms with Crippen molar-refractivity contribution in [3.8, 4) is 11.8 Å². The molecule has 1 aromatic carbocycles. The van der Waals surface area contributed by atoms with Gasteiger partial charge in [-0.15, -0.1) is 0 Å². The molecule has 1 fully saturated rings. The van der Waals surface area contributed by atoms with Crippen LogP contribution in [0.25, 0.3) is 0 Å². The fourth-order valence-corrected chi connectivity index (χ4v) is 1.80. The Labute approximate surface area is 105 Å². The van der Waals surface area contributed by atoms with Crippen molar-refractivity contribution in [2.45, 2.75) is 6.10 Å². The maximum absolute atomic E-state index is 8.95. The van der Waals surface area contributed by atoms with Gasteiger partial charge in [0.25, 0.3) is 0 Å². The Bertz CT molecular complexity index is 425. The summed E-state index contributed by atoms with van der Waals surface area (Å²) in [5.74, 6) is 0.547. The van der Waals surface area contributed by atoms with E-state index < -0.39 is 0 Å². The van der Waals surface area contributed by atoms with Gasteiger partial charge in [0.2, 0.25) is 0 Å². The van der Waals surface area contributed by atoms with E-state index in [1.165, 1.54) is 0 Å². The highest BCUT2D eigenvalue weighted by Crippen LogP contribution is 2.22. The Morgan fingerprint density at radius 2 is 2.47 bits per heavy atom. The Balaban J connectivity index is 1.96. The number of halogens is 1. The summed E-state index contributed by atoms with van der Waals surface area (Å²) in [6.07, 6.45) is 0.0333. The molecule has 1 aliphatic heterocycles. The Hall–Kier alpha value is -1.28. The van der Waals surface area contributed by atoms with E-state index in [0.717, 1.165) is 13.1 Å². The average Bonchev–Trinajstić information content (AvgIpc) is 2.38. The molecule has 1 unspecified atom stereocenters. The van der Waals surface area contributed by atoms with Gasteiger partial charge in [-0.2, -0.15) is 5.26 Å². The van der Waals surface area contributed by atoms with Crippen LogP contribution in [0.15, 0.2) is 18.2 Å². The number of nitriles is 1. The van der Waals surface area contributed by atoms with Crippen LogP contribution < -0.4 is 10.1 Å². The lowest BCUT2D eigenvalue weighted by Crippen LogP contribution is -2.41. The van der Waals surface area contributed by atoms with Gasteiger partial charge in [0.05, 0.1) is 12.2 Å². The van der Waals surface area contributed by atoms with Gasteiger partial charge in [0, 0.05) is 18.1 Å². The molecule has 4 nitrogen and oxygen atoms in total. The highest BCUT2D eigenvalue weighted by atomic mass is 35.5. The van der Waals surface area contributed by atoms with E-state index in [1.54, 1.807) is 18.2 Å². The van der Waals surface area contributed by atoms with Crippen LogP contribution in [0, 0.1) is 11.3 Å². The zero-order chi connectivity index (χ0) is 12.1. The van der Waals surface area contributed by atoms with Crippen LogP contribution in [0.5, 0.6) is 5.75 Å². The number of hydrogen-bond acceptors (Lipinski definition) is 4. The monoisotopic (exact) mass is 252 g/mol. The van der Waals surface area contributed by atoms with Crippen molar-refractivity contribution in [3.05, 3.63) is 28.8 Å². The molecule has 0 aromatic heterocycles. The van der Waals surface area contributed by atoms with Crippen LogP contribution in [-0.2, 0) is 4.74 Å². The number of morpholine rings is 1. The van der Waals surface area contributed by atoms with Crippen LogP contribution in [0.3, 0.4) is 0 Å². The number of nitrogens with zero attached hydrogens (tertiary/aromatic N) is 1. The van der Waals surface area contributed by atoms with Gasteiger partial charge in [-0.25, -0.2) is 0 Å². The van der Waals surface area contributed by atoms with Crippen LogP contribution in [0.4, 0.5) is 0 Å². The molecule has 1 aromatic rings. The van der Waals surface area contributed by atoms with Gasteiger partial charge >= 0.3 is 0 Å². The lowest BCUT2D eigenvalue weighted by molar-refractivity contribution is 0.000141. The summed E-state index contributed by atoms with van der Waals surface area (Å²) in [5, 5.41) is 12.7. The summed E-state index contributed by atoms with van der Waals surface area (Å²) in [6, 6.07) is 7.06. The second-order valence-corrected chi connectivity index (χ2v) is 4.20. The Morgan fingerprint density at radius 3 is 3.18 bits per heavy atom. The van der Waals surface area contributed by atoms with Crippen LogP contribution >= 0.6 is 11.6 Å². The summed E-state index contributed by atoms with van der Waals surface area (Å²) in [6.45, 7) is 2.78. The van der Waals surface area contributed by atoms with E-state index in [1.807, 2.05) is 0 Å².